The standard InChI is InChI=1S/C26H35N3O3/c1-31-24-15-9-8-14-23(24)29-18-16-28(17-19-29)20-25(21-10-4-2-5-11-21)32-26(30)27-22-12-6-3-7-13-22/h2,4-5,8-11,14-15,22,25H,3,6-7,12-13,16-20H2,1H3,(H,27,30). The van der Waals surface area contributed by atoms with Crippen LogP contribution in [0.3, 0.4) is 0 Å². The highest BCUT2D eigenvalue weighted by Gasteiger charge is 2.26. The molecule has 2 aromatic carbocycles. The Morgan fingerprint density at radius 3 is 2.38 bits per heavy atom. The van der Waals surface area contributed by atoms with Gasteiger partial charge in [0.05, 0.1) is 12.8 Å². The molecule has 0 spiro atoms. The summed E-state index contributed by atoms with van der Waals surface area (Å²) < 4.78 is 11.5. The lowest BCUT2D eigenvalue weighted by Gasteiger charge is -2.38. The number of piperazine rings is 1. The van der Waals surface area contributed by atoms with Gasteiger partial charge in [0.1, 0.15) is 11.9 Å². The van der Waals surface area contributed by atoms with Crippen LogP contribution < -0.4 is 15.0 Å². The van der Waals surface area contributed by atoms with Crippen LogP contribution in [-0.4, -0.2) is 56.9 Å². The zero-order valence-electron chi connectivity index (χ0n) is 19.0. The SMILES string of the molecule is COc1ccccc1N1CCN(CC(OC(=O)NC2CCCCC2)c2ccccc2)CC1. The van der Waals surface area contributed by atoms with Crippen molar-refractivity contribution in [2.75, 3.05) is 44.7 Å². The van der Waals surface area contributed by atoms with E-state index in [-0.39, 0.29) is 18.2 Å². The van der Waals surface area contributed by atoms with Gasteiger partial charge in [-0.15, -0.1) is 0 Å². The number of hydrogen-bond donors (Lipinski definition) is 1. The maximum absolute atomic E-state index is 12.7. The van der Waals surface area contributed by atoms with E-state index in [2.05, 4.69) is 27.2 Å². The van der Waals surface area contributed by atoms with Crippen molar-refractivity contribution in [3.8, 4) is 5.75 Å². The number of carbonyl (C=O) groups is 1. The summed E-state index contributed by atoms with van der Waals surface area (Å²) in [5.74, 6) is 0.908. The molecule has 32 heavy (non-hydrogen) atoms. The molecule has 2 aliphatic rings. The Kier molecular flexibility index (Phi) is 7.88. The van der Waals surface area contributed by atoms with Gasteiger partial charge < -0.3 is 19.7 Å². The highest BCUT2D eigenvalue weighted by Crippen LogP contribution is 2.29. The molecule has 4 rings (SSSR count). The predicted octanol–water partition coefficient (Wildman–Crippen LogP) is 4.62. The molecule has 1 aliphatic carbocycles. The molecule has 0 aromatic heterocycles. The summed E-state index contributed by atoms with van der Waals surface area (Å²) >= 11 is 0. The van der Waals surface area contributed by atoms with Crippen LogP contribution in [0.15, 0.2) is 54.6 Å². The van der Waals surface area contributed by atoms with Crippen molar-refractivity contribution in [3.63, 3.8) is 0 Å². The maximum atomic E-state index is 12.7. The minimum absolute atomic E-state index is 0.247. The molecule has 1 saturated carbocycles. The normalized spacial score (nSPS) is 18.7. The fraction of sp³-hybridized carbons (Fsp3) is 0.500. The lowest BCUT2D eigenvalue weighted by Crippen LogP contribution is -2.48. The number of rotatable bonds is 7. The molecule has 172 valence electrons. The van der Waals surface area contributed by atoms with E-state index in [0.29, 0.717) is 6.54 Å². The number of nitrogens with zero attached hydrogens (tertiary/aromatic N) is 2. The molecular weight excluding hydrogens is 402 g/mol. The summed E-state index contributed by atoms with van der Waals surface area (Å²) in [6.45, 7) is 4.35. The van der Waals surface area contributed by atoms with Gasteiger partial charge in [0.15, 0.2) is 0 Å². The summed E-state index contributed by atoms with van der Waals surface area (Å²) in [5, 5.41) is 3.10. The zero-order valence-corrected chi connectivity index (χ0v) is 19.0. The van der Waals surface area contributed by atoms with E-state index >= 15 is 0 Å². The fourth-order valence-electron chi connectivity index (χ4n) is 4.75. The first-order valence-corrected chi connectivity index (χ1v) is 11.9. The van der Waals surface area contributed by atoms with E-state index in [0.717, 1.165) is 56.0 Å². The highest BCUT2D eigenvalue weighted by molar-refractivity contribution is 5.68. The lowest BCUT2D eigenvalue weighted by atomic mass is 9.96. The molecule has 1 unspecified atom stereocenters. The van der Waals surface area contributed by atoms with Crippen LogP contribution in [0.25, 0.3) is 0 Å². The molecule has 2 aromatic rings. The summed E-state index contributed by atoms with van der Waals surface area (Å²) in [7, 11) is 1.72. The summed E-state index contributed by atoms with van der Waals surface area (Å²) in [6.07, 6.45) is 5.16. The van der Waals surface area contributed by atoms with E-state index in [1.165, 1.54) is 19.3 Å². The number of para-hydroxylation sites is 2. The smallest absolute Gasteiger partial charge is 0.408 e. The third-order valence-corrected chi connectivity index (χ3v) is 6.57. The zero-order chi connectivity index (χ0) is 22.2. The number of benzene rings is 2. The second kappa shape index (κ2) is 11.2. The summed E-state index contributed by atoms with van der Waals surface area (Å²) in [6, 6.07) is 18.5. The highest BCUT2D eigenvalue weighted by atomic mass is 16.6. The van der Waals surface area contributed by atoms with Gasteiger partial charge in [-0.05, 0) is 30.5 Å². The molecule has 1 N–H and O–H groups in total. The van der Waals surface area contributed by atoms with Crippen molar-refractivity contribution >= 4 is 11.8 Å². The van der Waals surface area contributed by atoms with E-state index in [1.54, 1.807) is 7.11 Å². The van der Waals surface area contributed by atoms with Gasteiger partial charge in [-0.3, -0.25) is 4.90 Å². The lowest BCUT2D eigenvalue weighted by molar-refractivity contribution is 0.0644. The minimum atomic E-state index is -0.293. The van der Waals surface area contributed by atoms with Crippen molar-refractivity contribution in [3.05, 3.63) is 60.2 Å². The minimum Gasteiger partial charge on any atom is -0.495 e. The van der Waals surface area contributed by atoms with Crippen molar-refractivity contribution in [1.29, 1.82) is 0 Å². The van der Waals surface area contributed by atoms with Crippen LogP contribution in [0.4, 0.5) is 10.5 Å². The number of ether oxygens (including phenoxy) is 2. The Morgan fingerprint density at radius 1 is 0.969 bits per heavy atom. The molecule has 1 amide bonds. The topological polar surface area (TPSA) is 54.0 Å². The first kappa shape index (κ1) is 22.5. The monoisotopic (exact) mass is 437 g/mol. The van der Waals surface area contributed by atoms with Gasteiger partial charge in [0.2, 0.25) is 0 Å². The largest absolute Gasteiger partial charge is 0.495 e. The fourth-order valence-corrected chi connectivity index (χ4v) is 4.75. The Labute approximate surface area is 191 Å². The quantitative estimate of drug-likeness (QED) is 0.685. The number of anilines is 1. The van der Waals surface area contributed by atoms with Crippen molar-refractivity contribution in [1.82, 2.24) is 10.2 Å². The molecule has 6 heteroatoms. The number of nitrogens with one attached hydrogen (secondary N) is 1. The van der Waals surface area contributed by atoms with Gasteiger partial charge in [-0.1, -0.05) is 61.7 Å². The van der Waals surface area contributed by atoms with Crippen LogP contribution in [0.1, 0.15) is 43.8 Å². The maximum Gasteiger partial charge on any atom is 0.408 e. The first-order valence-electron chi connectivity index (χ1n) is 11.9. The molecule has 2 fully saturated rings. The van der Waals surface area contributed by atoms with Gasteiger partial charge in [-0.25, -0.2) is 4.79 Å². The molecule has 1 saturated heterocycles. The predicted molar refractivity (Wildman–Crippen MR) is 127 cm³/mol. The molecule has 0 radical (unpaired) electrons. The van der Waals surface area contributed by atoms with Crippen molar-refractivity contribution in [2.45, 2.75) is 44.2 Å². The number of amides is 1. The van der Waals surface area contributed by atoms with Crippen LogP contribution in [0.5, 0.6) is 5.75 Å². The molecule has 0 bridgehead atoms. The Bertz CT molecular complexity index is 846. The number of hydrogen-bond acceptors (Lipinski definition) is 5. The average molecular weight is 438 g/mol. The molecule has 1 heterocycles. The van der Waals surface area contributed by atoms with Crippen LogP contribution in [-0.2, 0) is 4.74 Å². The van der Waals surface area contributed by atoms with Crippen LogP contribution in [0.2, 0.25) is 0 Å². The van der Waals surface area contributed by atoms with Crippen molar-refractivity contribution < 1.29 is 14.3 Å². The Morgan fingerprint density at radius 2 is 1.66 bits per heavy atom. The second-order valence-electron chi connectivity index (χ2n) is 8.74. The molecule has 6 nitrogen and oxygen atoms in total. The van der Waals surface area contributed by atoms with Crippen molar-refractivity contribution in [2.24, 2.45) is 0 Å². The number of alkyl carbamates (subject to hydrolysis) is 1. The first-order chi connectivity index (χ1) is 15.7. The summed E-state index contributed by atoms with van der Waals surface area (Å²) in [4.78, 5) is 17.4. The summed E-state index contributed by atoms with van der Waals surface area (Å²) in [5.41, 5.74) is 2.18. The van der Waals surface area contributed by atoms with Gasteiger partial charge in [0.25, 0.3) is 0 Å². The second-order valence-corrected chi connectivity index (χ2v) is 8.74. The van der Waals surface area contributed by atoms with Crippen LogP contribution in [0, 0.1) is 0 Å². The number of carbonyl (C=O) groups excluding carboxylic acids is 1. The molecular formula is C26H35N3O3. The van der Waals surface area contributed by atoms with Gasteiger partial charge in [-0.2, -0.15) is 0 Å². The van der Waals surface area contributed by atoms with Crippen LogP contribution >= 0.6 is 0 Å². The van der Waals surface area contributed by atoms with E-state index < -0.39 is 0 Å². The molecule has 1 atom stereocenters. The van der Waals surface area contributed by atoms with Gasteiger partial charge in [0, 0.05) is 38.8 Å². The Balaban J connectivity index is 1.36. The van der Waals surface area contributed by atoms with E-state index in [4.69, 9.17) is 9.47 Å². The number of methoxy groups -OCH3 is 1. The van der Waals surface area contributed by atoms with Gasteiger partial charge >= 0.3 is 6.09 Å². The van der Waals surface area contributed by atoms with E-state index in [9.17, 15) is 4.79 Å². The molecule has 1 aliphatic heterocycles. The third-order valence-electron chi connectivity index (χ3n) is 6.57. The third kappa shape index (κ3) is 5.94. The Hall–Kier alpha value is -2.73. The average Bonchev–Trinajstić information content (AvgIpc) is 2.85. The van der Waals surface area contributed by atoms with E-state index in [1.807, 2.05) is 42.5 Å².